The Labute approximate surface area is 801 Å². The summed E-state index contributed by atoms with van der Waals surface area (Å²) >= 11 is 6.11. The highest BCUT2D eigenvalue weighted by Crippen LogP contribution is 2.38. The first-order valence-electron chi connectivity index (χ1n) is 43.9. The lowest BCUT2D eigenvalue weighted by Gasteiger charge is -2.06. The van der Waals surface area contributed by atoms with E-state index in [1.807, 2.05) is 207 Å². The first kappa shape index (κ1) is 89.7. The van der Waals surface area contributed by atoms with Crippen molar-refractivity contribution in [2.45, 2.75) is 13.5 Å². The molecule has 31 heteroatoms. The number of fused-ring (bicyclic) bond motifs is 9. The lowest BCUT2D eigenvalue weighted by atomic mass is 10.1. The molecule has 15 N–H and O–H groups in total. The Morgan fingerprint density at radius 1 is 0.321 bits per heavy atom. The molecule has 0 saturated heterocycles. The monoisotopic (exact) mass is 1860 g/mol. The van der Waals surface area contributed by atoms with Gasteiger partial charge in [-0.2, -0.15) is 0 Å². The number of carbonyl (C=O) groups excluding carboxylic acids is 5. The molecule has 0 aliphatic heterocycles. The summed E-state index contributed by atoms with van der Waals surface area (Å²) in [5.74, 6) is -1.28. The van der Waals surface area contributed by atoms with Crippen LogP contribution in [0.5, 0.6) is 0 Å². The maximum atomic E-state index is 11.6. The van der Waals surface area contributed by atoms with Gasteiger partial charge in [0.2, 0.25) is 29.5 Å². The number of aliphatic hydroxyl groups excluding tert-OH is 1. The molecular weight excluding hydrogens is 1780 g/mol. The molecule has 0 aliphatic carbocycles. The van der Waals surface area contributed by atoms with Crippen molar-refractivity contribution < 1.29 is 29.1 Å². The van der Waals surface area contributed by atoms with Crippen LogP contribution in [0.4, 0.5) is 28.4 Å². The van der Waals surface area contributed by atoms with E-state index in [2.05, 4.69) is 190 Å². The first-order chi connectivity index (χ1) is 68.3. The number of aromatic nitrogens is 19. The quantitative estimate of drug-likeness (QED) is 0.0315. The normalized spacial score (nSPS) is 11.0. The third-order valence-corrected chi connectivity index (χ3v) is 23.0. The van der Waals surface area contributed by atoms with Gasteiger partial charge in [-0.25, -0.2) is 49.8 Å². The number of halogens is 1. The predicted molar refractivity (Wildman–Crippen MR) is 556 cm³/mol. The highest BCUT2D eigenvalue weighted by Gasteiger charge is 2.21. The average molecular weight is 1860 g/mol. The molecule has 0 atom stereocenters. The molecule has 0 aliphatic rings. The van der Waals surface area contributed by atoms with Gasteiger partial charge in [-0.1, -0.05) is 154 Å². The molecule has 14 aromatic heterocycles. The molecule has 0 spiro atoms. The molecule has 0 fully saturated rings. The maximum Gasteiger partial charge on any atom is 0.247 e. The van der Waals surface area contributed by atoms with E-state index >= 15 is 0 Å². The Hall–Kier alpha value is -19.5. The number of para-hydroxylation sites is 1. The van der Waals surface area contributed by atoms with Crippen LogP contribution in [0.25, 0.3) is 201 Å². The van der Waals surface area contributed by atoms with Crippen molar-refractivity contribution in [2.75, 3.05) is 26.6 Å². The number of nitrogens with zero attached hydrogens (tertiary/aromatic N) is 10. The molecule has 682 valence electrons. The van der Waals surface area contributed by atoms with Gasteiger partial charge < -0.3 is 76.5 Å². The van der Waals surface area contributed by atoms with Gasteiger partial charge in [0.25, 0.3) is 0 Å². The van der Waals surface area contributed by atoms with E-state index in [9.17, 15) is 29.1 Å². The Morgan fingerprint density at radius 3 is 0.993 bits per heavy atom. The number of H-pyrrole nitrogens is 9. The molecule has 23 aromatic rings. The van der Waals surface area contributed by atoms with Crippen molar-refractivity contribution in [3.8, 4) is 101 Å². The second-order valence-corrected chi connectivity index (χ2v) is 32.6. The van der Waals surface area contributed by atoms with Crippen molar-refractivity contribution in [3.05, 3.63) is 372 Å². The molecule has 9 aromatic carbocycles. The third-order valence-electron chi connectivity index (χ3n) is 22.8. The Kier molecular flexibility index (Phi) is 25.5. The van der Waals surface area contributed by atoms with Crippen LogP contribution in [0.1, 0.15) is 11.1 Å². The highest BCUT2D eigenvalue weighted by molar-refractivity contribution is 6.31. The summed E-state index contributed by atoms with van der Waals surface area (Å²) in [6.45, 7) is 19.4. The lowest BCUT2D eigenvalue weighted by Crippen LogP contribution is -2.07. The fourth-order valence-electron chi connectivity index (χ4n) is 15.9. The summed E-state index contributed by atoms with van der Waals surface area (Å²) in [6, 6.07) is 73.6. The number of hydrogen-bond acceptors (Lipinski definition) is 16. The van der Waals surface area contributed by atoms with Crippen LogP contribution in [-0.4, -0.2) is 129 Å². The second-order valence-electron chi connectivity index (χ2n) is 32.2. The molecule has 23 rings (SSSR count). The number of aryl methyl sites for hydroxylation is 1. The predicted octanol–water partition coefficient (Wildman–Crippen LogP) is 22.8. The van der Waals surface area contributed by atoms with Crippen molar-refractivity contribution in [1.82, 2.24) is 94.7 Å². The summed E-state index contributed by atoms with van der Waals surface area (Å²) in [4.78, 5) is 133. The fraction of sp³-hybridized carbons (Fsp3) is 0.0183. The van der Waals surface area contributed by atoms with Crippen LogP contribution in [-0.2, 0) is 30.6 Å². The van der Waals surface area contributed by atoms with Gasteiger partial charge in [0, 0.05) is 158 Å². The summed E-state index contributed by atoms with van der Waals surface area (Å²) in [5.41, 5.74) is 32.5. The Balaban J connectivity index is 0.000000112. The minimum atomic E-state index is -0.269. The van der Waals surface area contributed by atoms with Gasteiger partial charge in [-0.05, 0) is 170 Å². The van der Waals surface area contributed by atoms with Crippen molar-refractivity contribution in [1.29, 1.82) is 0 Å². The van der Waals surface area contributed by atoms with E-state index in [1.165, 1.54) is 35.9 Å². The van der Waals surface area contributed by atoms with E-state index in [-0.39, 0.29) is 36.1 Å². The van der Waals surface area contributed by atoms with E-state index in [0.717, 1.165) is 184 Å². The molecule has 5 amide bonds. The molecule has 0 bridgehead atoms. The van der Waals surface area contributed by atoms with Gasteiger partial charge >= 0.3 is 0 Å². The van der Waals surface area contributed by atoms with Gasteiger partial charge in [-0.15, -0.1) is 0 Å². The van der Waals surface area contributed by atoms with Gasteiger partial charge in [0.1, 0.15) is 27.6 Å². The number of amides is 5. The number of hydrogen-bond donors (Lipinski definition) is 15. The van der Waals surface area contributed by atoms with E-state index in [4.69, 9.17) is 31.5 Å². The van der Waals surface area contributed by atoms with Crippen LogP contribution in [0.2, 0.25) is 5.02 Å². The largest absolute Gasteiger partial charge is 0.392 e. The average Bonchev–Trinajstić information content (AvgIpc) is 1.70. The summed E-state index contributed by atoms with van der Waals surface area (Å²) in [5, 5.41) is 28.3. The zero-order valence-electron chi connectivity index (χ0n) is 74.7. The maximum absolute atomic E-state index is 11.6. The number of carbonyl (C=O) groups is 5. The molecule has 0 unspecified atom stereocenters. The smallest absolute Gasteiger partial charge is 0.247 e. The van der Waals surface area contributed by atoms with Crippen LogP contribution in [0.15, 0.2) is 356 Å². The number of benzene rings is 9. The van der Waals surface area contributed by atoms with E-state index in [1.54, 1.807) is 37.2 Å². The Bertz CT molecular complexity index is 8550. The summed E-state index contributed by atoms with van der Waals surface area (Å²) in [6.07, 6.45) is 24.2. The van der Waals surface area contributed by atoms with Crippen LogP contribution in [0, 0.1) is 6.92 Å². The number of rotatable bonds is 20. The van der Waals surface area contributed by atoms with Crippen molar-refractivity contribution in [3.63, 3.8) is 0 Å². The second kappa shape index (κ2) is 39.8. The summed E-state index contributed by atoms with van der Waals surface area (Å²) < 4.78 is 0. The van der Waals surface area contributed by atoms with Crippen LogP contribution >= 0.6 is 11.6 Å². The minimum Gasteiger partial charge on any atom is -0.392 e. The van der Waals surface area contributed by atoms with Gasteiger partial charge in [-0.3, -0.25) is 24.0 Å². The fourth-order valence-corrected chi connectivity index (χ4v) is 16.1. The first-order valence-corrected chi connectivity index (χ1v) is 44.3. The third kappa shape index (κ3) is 19.8. The van der Waals surface area contributed by atoms with Crippen molar-refractivity contribution in [2.24, 2.45) is 0 Å². The van der Waals surface area contributed by atoms with Gasteiger partial charge in [0.05, 0.1) is 88.8 Å². The molecule has 0 radical (unpaired) electrons. The van der Waals surface area contributed by atoms with E-state index in [0.29, 0.717) is 56.1 Å². The Morgan fingerprint density at radius 2 is 0.636 bits per heavy atom. The van der Waals surface area contributed by atoms with E-state index < -0.39 is 0 Å². The highest BCUT2D eigenvalue weighted by atomic mass is 35.5. The molecule has 14 heterocycles. The number of aliphatic hydroxyl groups is 1. The number of anilines is 5. The van der Waals surface area contributed by atoms with Crippen LogP contribution in [0.3, 0.4) is 0 Å². The molecule has 30 nitrogen and oxygen atoms in total. The SMILES string of the molecule is C=CC(=O)Nc1cccc(-c2cnc3[nH]cc(-c4cc5ccc(C)cc5[nH]4)c3n2)c1.C=CC(=O)Nc1cccc(-c2cnc3[nH]cc(-c4cc5ccc(CO)cc5[nH]4)c3n2)c1.C=CC(=O)Nc1cccc(-c2cnc3[nH]cc(-c4cc5ccc(Cl)cc5[nH]4)c3n2)c1.C=CC(=O)Nc1cccc(-c2cnc3[nH]cc(-c4cc5ccccc5[nH]4)c3n2)c1.C=CC(=O)Nc1cccc(-c2cnc3[nH]ccc3n2)c1. The molecule has 0 saturated carbocycles. The lowest BCUT2D eigenvalue weighted by molar-refractivity contribution is -0.112. The minimum absolute atomic E-state index is 0.00146. The number of nitrogens with one attached hydrogen (secondary N) is 14. The number of aromatic amines is 9. The summed E-state index contributed by atoms with van der Waals surface area (Å²) in [7, 11) is 0. The molecular formula is C109H83ClN24O6. The zero-order chi connectivity index (χ0) is 96.4. The molecule has 140 heavy (non-hydrogen) atoms. The van der Waals surface area contributed by atoms with Crippen LogP contribution < -0.4 is 26.6 Å². The topological polar surface area (TPSA) is 437 Å². The standard InChI is InChI=1S/C24H19N5O2.C24H19N5O.C23H16ClN5O.C23H17N5O.C15H12N4O/c1-2-22(31)27-17-5-3-4-15(9-17)21-12-26-24-23(29-21)18(11-25-24)20-10-16-7-6-14(13-30)8-19(16)28-20;1-3-22(30)27-17-6-4-5-15(10-17)21-13-26-24-23(29-21)18(12-25-24)20-11-16-8-7-14(2)9-19(16)28-20;1-2-21(30)27-16-5-3-4-13(8-16)20-12-26-23-22(29-20)17(11-25-23)19-9-14-6-7-15(24)10-18(14)28-19;1-2-21(29)26-16-8-5-7-14(10-16)20-13-25-23-22(28-20)17(12-24-23)19-11-15-6-3-4-9-18(15)27-19;1-2-14(20)18-11-5-3-4-10(8-11)13-9-17-15-12(19-13)6-7-16-15/h2-12,28,30H,1,13H2,(H,25,26)(H,27,31);3-13,28H,1H2,2H3,(H,25,26)(H,27,30);2-12,28H,1H2,(H,25,26)(H,27,30);2-13,27H,1H2,(H,24,25)(H,26,29);2-9H,1H2,(H,16,17)(H,18,20). The van der Waals surface area contributed by atoms with Gasteiger partial charge in [0.15, 0.2) is 28.2 Å². The zero-order valence-corrected chi connectivity index (χ0v) is 75.4. The van der Waals surface area contributed by atoms with Crippen molar-refractivity contribution >= 4 is 169 Å².